The van der Waals surface area contributed by atoms with Crippen LogP contribution in [0.5, 0.6) is 0 Å². The number of hydrogen-bond acceptors (Lipinski definition) is 1. The van der Waals surface area contributed by atoms with Crippen molar-refractivity contribution < 1.29 is 18.3 Å². The number of halogens is 3. The second-order valence-electron chi connectivity index (χ2n) is 6.55. The van der Waals surface area contributed by atoms with Gasteiger partial charge in [0.15, 0.2) is 0 Å². The first-order valence-electron chi connectivity index (χ1n) is 7.57. The first-order chi connectivity index (χ1) is 9.66. The van der Waals surface area contributed by atoms with Crippen molar-refractivity contribution >= 4 is 0 Å². The minimum atomic E-state index is -4.34. The van der Waals surface area contributed by atoms with Crippen molar-refractivity contribution in [3.8, 4) is 0 Å². The van der Waals surface area contributed by atoms with Gasteiger partial charge in [-0.1, -0.05) is 32.8 Å². The standard InChI is InChI=1S/C17H23F3O/c1-11(2)14-6-4-5-9-16(14,21)15-8-7-13(10-12(15)3)17(18,19)20/h7-8,10-11,14,21H,4-6,9H2,1-3H3. The third-order valence-electron chi connectivity index (χ3n) is 4.76. The zero-order valence-electron chi connectivity index (χ0n) is 12.8. The molecule has 1 fully saturated rings. The third-order valence-corrected chi connectivity index (χ3v) is 4.76. The first-order valence-corrected chi connectivity index (χ1v) is 7.57. The zero-order chi connectivity index (χ0) is 15.8. The quantitative estimate of drug-likeness (QED) is 0.810. The molecule has 118 valence electrons. The third kappa shape index (κ3) is 3.10. The largest absolute Gasteiger partial charge is 0.416 e. The first kappa shape index (κ1) is 16.3. The van der Waals surface area contributed by atoms with E-state index in [0.717, 1.165) is 31.4 Å². The topological polar surface area (TPSA) is 20.2 Å². The van der Waals surface area contributed by atoms with Crippen molar-refractivity contribution in [2.45, 2.75) is 58.2 Å². The van der Waals surface area contributed by atoms with Gasteiger partial charge in [0.25, 0.3) is 0 Å². The lowest BCUT2D eigenvalue weighted by Crippen LogP contribution is -2.41. The van der Waals surface area contributed by atoms with E-state index in [1.165, 1.54) is 6.07 Å². The van der Waals surface area contributed by atoms with Crippen LogP contribution in [-0.4, -0.2) is 5.11 Å². The van der Waals surface area contributed by atoms with E-state index < -0.39 is 17.3 Å². The van der Waals surface area contributed by atoms with Gasteiger partial charge >= 0.3 is 6.18 Å². The van der Waals surface area contributed by atoms with E-state index >= 15 is 0 Å². The monoisotopic (exact) mass is 300 g/mol. The second-order valence-corrected chi connectivity index (χ2v) is 6.55. The van der Waals surface area contributed by atoms with Crippen LogP contribution in [0.3, 0.4) is 0 Å². The van der Waals surface area contributed by atoms with Crippen LogP contribution >= 0.6 is 0 Å². The molecule has 4 heteroatoms. The van der Waals surface area contributed by atoms with Crippen molar-refractivity contribution in [3.05, 3.63) is 34.9 Å². The summed E-state index contributed by atoms with van der Waals surface area (Å²) in [4.78, 5) is 0. The highest BCUT2D eigenvalue weighted by Gasteiger charge is 2.43. The average Bonchev–Trinajstić information content (AvgIpc) is 2.37. The molecule has 2 atom stereocenters. The van der Waals surface area contributed by atoms with Gasteiger partial charge in [-0.15, -0.1) is 0 Å². The number of rotatable bonds is 2. The Labute approximate surface area is 124 Å². The van der Waals surface area contributed by atoms with Crippen LogP contribution in [0.1, 0.15) is 56.2 Å². The van der Waals surface area contributed by atoms with E-state index in [9.17, 15) is 18.3 Å². The number of benzene rings is 1. The molecule has 2 rings (SSSR count). The van der Waals surface area contributed by atoms with Gasteiger partial charge in [-0.3, -0.25) is 0 Å². The number of aliphatic hydroxyl groups is 1. The summed E-state index contributed by atoms with van der Waals surface area (Å²) < 4.78 is 38.3. The average molecular weight is 300 g/mol. The molecule has 0 aliphatic heterocycles. The van der Waals surface area contributed by atoms with Crippen molar-refractivity contribution in [1.82, 2.24) is 0 Å². The van der Waals surface area contributed by atoms with Crippen LogP contribution < -0.4 is 0 Å². The maximum atomic E-state index is 12.8. The Morgan fingerprint density at radius 2 is 1.90 bits per heavy atom. The van der Waals surface area contributed by atoms with E-state index in [2.05, 4.69) is 13.8 Å². The van der Waals surface area contributed by atoms with Gasteiger partial charge < -0.3 is 5.11 Å². The molecule has 0 amide bonds. The highest BCUT2D eigenvalue weighted by atomic mass is 19.4. The normalized spacial score (nSPS) is 27.1. The fourth-order valence-corrected chi connectivity index (χ4v) is 3.73. The van der Waals surface area contributed by atoms with Crippen LogP contribution in [0.15, 0.2) is 18.2 Å². The minimum absolute atomic E-state index is 0.0988. The lowest BCUT2D eigenvalue weighted by atomic mass is 9.66. The van der Waals surface area contributed by atoms with Gasteiger partial charge in [-0.05, 0) is 54.9 Å². The molecule has 0 spiro atoms. The van der Waals surface area contributed by atoms with Gasteiger partial charge in [0.1, 0.15) is 0 Å². The molecule has 0 bridgehead atoms. The summed E-state index contributed by atoms with van der Waals surface area (Å²) in [5.41, 5.74) is -0.460. The second kappa shape index (κ2) is 5.64. The lowest BCUT2D eigenvalue weighted by molar-refractivity contribution is -0.137. The Bertz CT molecular complexity index is 507. The summed E-state index contributed by atoms with van der Waals surface area (Å²) >= 11 is 0. The maximum absolute atomic E-state index is 12.8. The maximum Gasteiger partial charge on any atom is 0.416 e. The van der Waals surface area contributed by atoms with Gasteiger partial charge in [-0.25, -0.2) is 0 Å². The SMILES string of the molecule is Cc1cc(C(F)(F)F)ccc1C1(O)CCCCC1C(C)C. The van der Waals surface area contributed by atoms with Crippen molar-refractivity contribution in [3.63, 3.8) is 0 Å². The predicted octanol–water partition coefficient (Wildman–Crippen LogP) is 5.05. The molecule has 21 heavy (non-hydrogen) atoms. The van der Waals surface area contributed by atoms with Gasteiger partial charge in [0.2, 0.25) is 0 Å². The van der Waals surface area contributed by atoms with Crippen molar-refractivity contribution in [2.24, 2.45) is 11.8 Å². The van der Waals surface area contributed by atoms with Crippen LogP contribution in [0.25, 0.3) is 0 Å². The van der Waals surface area contributed by atoms with E-state index in [-0.39, 0.29) is 5.92 Å². The summed E-state index contributed by atoms with van der Waals surface area (Å²) in [6.45, 7) is 5.80. The molecule has 0 saturated heterocycles. The van der Waals surface area contributed by atoms with Gasteiger partial charge in [0, 0.05) is 0 Å². The fraction of sp³-hybridized carbons (Fsp3) is 0.647. The molecule has 1 N–H and O–H groups in total. The molecule has 0 aromatic heterocycles. The highest BCUT2D eigenvalue weighted by molar-refractivity contribution is 5.37. The van der Waals surface area contributed by atoms with E-state index in [4.69, 9.17) is 0 Å². The van der Waals surface area contributed by atoms with E-state index in [0.29, 0.717) is 23.5 Å². The summed E-state index contributed by atoms with van der Waals surface area (Å²) in [6, 6.07) is 3.71. The molecule has 0 heterocycles. The molecule has 1 aromatic rings. The van der Waals surface area contributed by atoms with Crippen molar-refractivity contribution in [2.75, 3.05) is 0 Å². The van der Waals surface area contributed by atoms with Crippen molar-refractivity contribution in [1.29, 1.82) is 0 Å². The minimum Gasteiger partial charge on any atom is -0.385 e. The smallest absolute Gasteiger partial charge is 0.385 e. The molecule has 2 unspecified atom stereocenters. The fourth-order valence-electron chi connectivity index (χ4n) is 3.73. The summed E-state index contributed by atoms with van der Waals surface area (Å²) in [7, 11) is 0. The number of alkyl halides is 3. The Morgan fingerprint density at radius 3 is 2.43 bits per heavy atom. The molecule has 0 radical (unpaired) electrons. The molecule has 1 aromatic carbocycles. The molecular weight excluding hydrogens is 277 g/mol. The van der Waals surface area contributed by atoms with Gasteiger partial charge in [0.05, 0.1) is 11.2 Å². The Hall–Kier alpha value is -1.03. The predicted molar refractivity (Wildman–Crippen MR) is 76.9 cm³/mol. The molecule has 1 saturated carbocycles. The summed E-state index contributed by atoms with van der Waals surface area (Å²) in [5, 5.41) is 11.2. The molecule has 1 nitrogen and oxygen atoms in total. The Kier molecular flexibility index (Phi) is 4.39. The summed E-state index contributed by atoms with van der Waals surface area (Å²) in [5.74, 6) is 0.402. The van der Waals surface area contributed by atoms with E-state index in [1.807, 2.05) is 0 Å². The highest BCUT2D eigenvalue weighted by Crippen LogP contribution is 2.46. The molecule has 1 aliphatic carbocycles. The summed E-state index contributed by atoms with van der Waals surface area (Å²) in [6.07, 6.45) is -0.794. The van der Waals surface area contributed by atoms with Crippen LogP contribution in [0, 0.1) is 18.8 Å². The van der Waals surface area contributed by atoms with Crippen LogP contribution in [0.2, 0.25) is 0 Å². The number of aryl methyl sites for hydroxylation is 1. The number of hydrogen-bond donors (Lipinski definition) is 1. The Morgan fingerprint density at radius 1 is 1.24 bits per heavy atom. The molecule has 1 aliphatic rings. The van der Waals surface area contributed by atoms with Crippen LogP contribution in [-0.2, 0) is 11.8 Å². The van der Waals surface area contributed by atoms with E-state index in [1.54, 1.807) is 6.92 Å². The zero-order valence-corrected chi connectivity index (χ0v) is 12.8. The Balaban J connectivity index is 2.44. The lowest BCUT2D eigenvalue weighted by Gasteiger charge is -2.43. The van der Waals surface area contributed by atoms with Gasteiger partial charge in [-0.2, -0.15) is 13.2 Å². The van der Waals surface area contributed by atoms with Crippen LogP contribution in [0.4, 0.5) is 13.2 Å². The molecular formula is C17H23F3O.